The summed E-state index contributed by atoms with van der Waals surface area (Å²) in [7, 11) is 0. The lowest BCUT2D eigenvalue weighted by Gasteiger charge is -2.26. The fraction of sp³-hybridized carbons (Fsp3) is 0.0541. The topological polar surface area (TPSA) is 81.4 Å². The molecule has 6 aromatic rings. The first kappa shape index (κ1) is 28.7. The van der Waals surface area contributed by atoms with Crippen molar-refractivity contribution >= 4 is 68.9 Å². The van der Waals surface area contributed by atoms with E-state index in [0.29, 0.717) is 10.4 Å². The number of carboxylic acids is 1. The van der Waals surface area contributed by atoms with Gasteiger partial charge in [-0.15, -0.1) is 34.0 Å². The molecule has 1 aliphatic carbocycles. The number of benzene rings is 3. The van der Waals surface area contributed by atoms with E-state index in [-0.39, 0.29) is 11.4 Å². The highest BCUT2D eigenvalue weighted by Gasteiger charge is 2.32. The predicted molar refractivity (Wildman–Crippen MR) is 185 cm³/mol. The van der Waals surface area contributed by atoms with Gasteiger partial charge in [0.25, 0.3) is 0 Å². The molecule has 0 saturated heterocycles. The number of ketones is 1. The van der Waals surface area contributed by atoms with Crippen molar-refractivity contribution in [1.29, 1.82) is 5.26 Å². The van der Waals surface area contributed by atoms with E-state index in [0.717, 1.165) is 52.6 Å². The summed E-state index contributed by atoms with van der Waals surface area (Å²) < 4.78 is 0. The number of hydrogen-bond donors (Lipinski definition) is 1. The standard InChI is InChI=1S/C37H24N2O3S3/c1-21-3-9-25(10-4-21)39(26-11-5-22(2)6-12-26)27-13-7-23(8-14-27)32-18-29-34(40)30-19-33(45-36(30)35(29)44-32)31-16-15-28(43-31)17-24(20-38)37(41)42/h3-19H,1-2H3,(H,41,42)/b24-17+. The molecular formula is C37H24N2O3S3. The average Bonchev–Trinajstić information content (AvgIpc) is 3.83. The third-order valence-electron chi connectivity index (χ3n) is 7.66. The largest absolute Gasteiger partial charge is 0.477 e. The highest BCUT2D eigenvalue weighted by atomic mass is 32.1. The van der Waals surface area contributed by atoms with Crippen molar-refractivity contribution in [2.75, 3.05) is 4.90 Å². The Kier molecular flexibility index (Phi) is 7.30. The first-order chi connectivity index (χ1) is 21.8. The first-order valence-electron chi connectivity index (χ1n) is 14.1. The van der Waals surface area contributed by atoms with E-state index < -0.39 is 5.97 Å². The lowest BCUT2D eigenvalue weighted by Crippen LogP contribution is -2.09. The van der Waals surface area contributed by atoms with E-state index >= 15 is 0 Å². The van der Waals surface area contributed by atoms with Gasteiger partial charge in [0.2, 0.25) is 0 Å². The molecule has 0 fully saturated rings. The maximum absolute atomic E-state index is 13.4. The Hall–Kier alpha value is -5.07. The van der Waals surface area contributed by atoms with Gasteiger partial charge in [-0.1, -0.05) is 47.5 Å². The van der Waals surface area contributed by atoms with Gasteiger partial charge in [0.05, 0.1) is 9.75 Å². The van der Waals surface area contributed by atoms with Gasteiger partial charge >= 0.3 is 5.97 Å². The highest BCUT2D eigenvalue weighted by molar-refractivity contribution is 7.28. The molecule has 1 N–H and O–H groups in total. The molecule has 7 rings (SSSR count). The van der Waals surface area contributed by atoms with Gasteiger partial charge in [-0.05, 0) is 86.2 Å². The molecule has 1 aliphatic rings. The summed E-state index contributed by atoms with van der Waals surface area (Å²) in [6.45, 7) is 4.18. The van der Waals surface area contributed by atoms with Gasteiger partial charge in [0.1, 0.15) is 11.6 Å². The SMILES string of the molecule is Cc1ccc(N(c2ccc(C)cc2)c2ccc(-c3cc4c(s3)-c3sc(-c5ccc(/C=C(\C#N)C(=O)O)s5)cc3C4=O)cc2)cc1. The first-order valence-corrected chi connectivity index (χ1v) is 16.6. The van der Waals surface area contributed by atoms with Crippen LogP contribution < -0.4 is 4.90 Å². The van der Waals surface area contributed by atoms with Crippen molar-refractivity contribution in [2.24, 2.45) is 0 Å². The second kappa shape index (κ2) is 11.5. The minimum Gasteiger partial charge on any atom is -0.477 e. The fourth-order valence-electron chi connectivity index (χ4n) is 5.32. The molecule has 218 valence electrons. The van der Waals surface area contributed by atoms with Crippen molar-refractivity contribution < 1.29 is 14.7 Å². The number of thiophene rings is 3. The van der Waals surface area contributed by atoms with Crippen LogP contribution in [0.5, 0.6) is 0 Å². The van der Waals surface area contributed by atoms with Crippen LogP contribution in [0, 0.1) is 25.2 Å². The van der Waals surface area contributed by atoms with Gasteiger partial charge in [0, 0.05) is 47.7 Å². The van der Waals surface area contributed by atoms with Crippen LogP contribution in [-0.4, -0.2) is 16.9 Å². The number of rotatable bonds is 7. The van der Waals surface area contributed by atoms with Crippen LogP contribution in [0.15, 0.2) is 103 Å². The van der Waals surface area contributed by atoms with Crippen molar-refractivity contribution in [1.82, 2.24) is 0 Å². The maximum Gasteiger partial charge on any atom is 0.346 e. The minimum absolute atomic E-state index is 0.0286. The molecule has 0 radical (unpaired) electrons. The van der Waals surface area contributed by atoms with Crippen molar-refractivity contribution in [3.8, 4) is 36.0 Å². The number of carbonyl (C=O) groups is 2. The lowest BCUT2D eigenvalue weighted by atomic mass is 10.1. The molecule has 3 aromatic carbocycles. The summed E-state index contributed by atoms with van der Waals surface area (Å²) in [5.74, 6) is -1.22. The minimum atomic E-state index is -1.25. The van der Waals surface area contributed by atoms with Gasteiger partial charge < -0.3 is 10.0 Å². The zero-order valence-electron chi connectivity index (χ0n) is 24.2. The average molecular weight is 641 g/mol. The highest BCUT2D eigenvalue weighted by Crippen LogP contribution is 2.51. The summed E-state index contributed by atoms with van der Waals surface area (Å²) in [6, 6.07) is 34.9. The Morgan fingerprint density at radius 3 is 1.76 bits per heavy atom. The zero-order chi connectivity index (χ0) is 31.2. The smallest absolute Gasteiger partial charge is 0.346 e. The normalized spacial score (nSPS) is 12.1. The van der Waals surface area contributed by atoms with E-state index in [1.165, 1.54) is 28.5 Å². The quantitative estimate of drug-likeness (QED) is 0.138. The summed E-state index contributed by atoms with van der Waals surface area (Å²) in [5.41, 5.74) is 7.82. The molecule has 3 heterocycles. The number of hydrogen-bond acceptors (Lipinski definition) is 7. The van der Waals surface area contributed by atoms with E-state index in [1.807, 2.05) is 18.2 Å². The van der Waals surface area contributed by atoms with Crippen molar-refractivity contribution in [2.45, 2.75) is 13.8 Å². The number of carboxylic acid groups (broad SMARTS) is 1. The summed E-state index contributed by atoms with van der Waals surface area (Å²) in [4.78, 5) is 32.5. The maximum atomic E-state index is 13.4. The summed E-state index contributed by atoms with van der Waals surface area (Å²) in [6.07, 6.45) is 1.37. The zero-order valence-corrected chi connectivity index (χ0v) is 26.6. The van der Waals surface area contributed by atoms with E-state index in [2.05, 4.69) is 91.5 Å². The Morgan fingerprint density at radius 2 is 1.22 bits per heavy atom. The van der Waals surface area contributed by atoms with Gasteiger partial charge in [0.15, 0.2) is 5.78 Å². The molecule has 0 amide bonds. The molecule has 45 heavy (non-hydrogen) atoms. The summed E-state index contributed by atoms with van der Waals surface area (Å²) >= 11 is 4.60. The monoisotopic (exact) mass is 640 g/mol. The molecule has 5 nitrogen and oxygen atoms in total. The molecule has 0 spiro atoms. The van der Waals surface area contributed by atoms with E-state index in [9.17, 15) is 14.7 Å². The molecule has 0 bridgehead atoms. The van der Waals surface area contributed by atoms with Crippen molar-refractivity contribution in [3.05, 3.63) is 130 Å². The van der Waals surface area contributed by atoms with Crippen LogP contribution in [0.4, 0.5) is 17.1 Å². The van der Waals surface area contributed by atoms with Crippen LogP contribution >= 0.6 is 34.0 Å². The van der Waals surface area contributed by atoms with Crippen LogP contribution in [0.25, 0.3) is 36.0 Å². The van der Waals surface area contributed by atoms with Gasteiger partial charge in [-0.3, -0.25) is 4.79 Å². The second-order valence-corrected chi connectivity index (χ2v) is 14.0. The molecule has 0 saturated carbocycles. The Balaban J connectivity index is 1.18. The van der Waals surface area contributed by atoms with Crippen molar-refractivity contribution in [3.63, 3.8) is 0 Å². The molecule has 3 aromatic heterocycles. The lowest BCUT2D eigenvalue weighted by molar-refractivity contribution is -0.132. The van der Waals surface area contributed by atoms with Crippen LogP contribution in [-0.2, 0) is 4.79 Å². The van der Waals surface area contributed by atoms with Gasteiger partial charge in [-0.2, -0.15) is 5.26 Å². The number of nitrogens with zero attached hydrogens (tertiary/aromatic N) is 2. The van der Waals surface area contributed by atoms with Crippen LogP contribution in [0.2, 0.25) is 0 Å². The predicted octanol–water partition coefficient (Wildman–Crippen LogP) is 10.5. The molecule has 0 unspecified atom stereocenters. The Bertz CT molecular complexity index is 2130. The second-order valence-electron chi connectivity index (χ2n) is 10.8. The van der Waals surface area contributed by atoms with Crippen LogP contribution in [0.3, 0.4) is 0 Å². The number of aliphatic carboxylic acids is 1. The number of fused-ring (bicyclic) bond motifs is 3. The third kappa shape index (κ3) is 5.32. The number of aryl methyl sites for hydroxylation is 2. The van der Waals surface area contributed by atoms with Crippen LogP contribution in [0.1, 0.15) is 31.9 Å². The third-order valence-corrected chi connectivity index (χ3v) is 11.4. The number of carbonyl (C=O) groups excluding carboxylic acids is 1. The fourth-order valence-corrected chi connectivity index (χ4v) is 8.83. The number of nitriles is 1. The molecular weight excluding hydrogens is 617 g/mol. The molecule has 0 atom stereocenters. The number of anilines is 3. The molecule has 0 aliphatic heterocycles. The van der Waals surface area contributed by atoms with E-state index in [4.69, 9.17) is 5.26 Å². The van der Waals surface area contributed by atoms with E-state index in [1.54, 1.807) is 34.8 Å². The molecule has 8 heteroatoms. The Morgan fingerprint density at radius 1 is 0.711 bits per heavy atom. The Labute approximate surface area is 272 Å². The summed E-state index contributed by atoms with van der Waals surface area (Å²) in [5, 5.41) is 18.3. The van der Waals surface area contributed by atoms with Gasteiger partial charge in [-0.25, -0.2) is 4.79 Å².